The lowest BCUT2D eigenvalue weighted by Crippen LogP contribution is -2.52. The molecule has 1 aromatic rings. The Labute approximate surface area is 143 Å². The van der Waals surface area contributed by atoms with E-state index in [1.807, 2.05) is 36.2 Å². The van der Waals surface area contributed by atoms with Crippen molar-refractivity contribution in [2.24, 2.45) is 0 Å². The maximum Gasteiger partial charge on any atom is 0.236 e. The van der Waals surface area contributed by atoms with E-state index in [4.69, 9.17) is 4.74 Å². The molecule has 0 bridgehead atoms. The molecule has 134 valence electrons. The van der Waals surface area contributed by atoms with Gasteiger partial charge in [0.1, 0.15) is 5.75 Å². The van der Waals surface area contributed by atoms with Crippen molar-refractivity contribution in [2.45, 2.75) is 6.54 Å². The Bertz CT molecular complexity index is 670. The molecule has 1 fully saturated rings. The second-order valence-corrected chi connectivity index (χ2v) is 8.01. The normalized spacial score (nSPS) is 16.4. The number of para-hydroxylation sites is 1. The molecular formula is C16H25N3O4S. The topological polar surface area (TPSA) is 70.2 Å². The van der Waals surface area contributed by atoms with Crippen LogP contribution in [0.4, 0.5) is 0 Å². The van der Waals surface area contributed by atoms with Gasteiger partial charge in [0.05, 0.1) is 19.9 Å². The molecule has 0 aliphatic carbocycles. The number of hydrogen-bond acceptors (Lipinski definition) is 5. The van der Waals surface area contributed by atoms with Gasteiger partial charge in [-0.1, -0.05) is 18.2 Å². The average Bonchev–Trinajstić information content (AvgIpc) is 2.54. The van der Waals surface area contributed by atoms with Crippen LogP contribution in [0.3, 0.4) is 0 Å². The van der Waals surface area contributed by atoms with Crippen molar-refractivity contribution >= 4 is 15.9 Å². The third-order valence-electron chi connectivity index (χ3n) is 4.10. The minimum Gasteiger partial charge on any atom is -0.496 e. The average molecular weight is 355 g/mol. The number of piperazine rings is 1. The Balaban J connectivity index is 1.86. The second kappa shape index (κ2) is 7.96. The van der Waals surface area contributed by atoms with Gasteiger partial charge in [-0.2, -0.15) is 4.31 Å². The first-order chi connectivity index (χ1) is 11.3. The number of sulfonamides is 1. The summed E-state index contributed by atoms with van der Waals surface area (Å²) >= 11 is 0. The number of amides is 1. The molecule has 0 aromatic heterocycles. The van der Waals surface area contributed by atoms with E-state index < -0.39 is 10.0 Å². The molecule has 1 aliphatic rings. The zero-order chi connectivity index (χ0) is 17.7. The van der Waals surface area contributed by atoms with E-state index in [9.17, 15) is 13.2 Å². The van der Waals surface area contributed by atoms with Crippen LogP contribution in [0.15, 0.2) is 24.3 Å². The van der Waals surface area contributed by atoms with E-state index in [2.05, 4.69) is 0 Å². The highest BCUT2D eigenvalue weighted by atomic mass is 32.2. The summed E-state index contributed by atoms with van der Waals surface area (Å²) in [6.07, 6.45) is 1.20. The van der Waals surface area contributed by atoms with E-state index >= 15 is 0 Å². The smallest absolute Gasteiger partial charge is 0.236 e. The van der Waals surface area contributed by atoms with Gasteiger partial charge in [0.25, 0.3) is 0 Å². The summed E-state index contributed by atoms with van der Waals surface area (Å²) in [5, 5.41) is 0. The predicted octanol–water partition coefficient (Wildman–Crippen LogP) is 0.231. The molecule has 8 heteroatoms. The maximum absolute atomic E-state index is 12.4. The lowest BCUT2D eigenvalue weighted by atomic mass is 10.2. The van der Waals surface area contributed by atoms with E-state index in [1.54, 1.807) is 12.0 Å². The monoisotopic (exact) mass is 355 g/mol. The van der Waals surface area contributed by atoms with Crippen LogP contribution < -0.4 is 4.74 Å². The molecule has 1 heterocycles. The van der Waals surface area contributed by atoms with Crippen LogP contribution in [0.1, 0.15) is 5.56 Å². The predicted molar refractivity (Wildman–Crippen MR) is 92.3 cm³/mol. The van der Waals surface area contributed by atoms with Gasteiger partial charge in [0, 0.05) is 38.3 Å². The summed E-state index contributed by atoms with van der Waals surface area (Å²) in [4.78, 5) is 16.1. The number of methoxy groups -OCH3 is 1. The van der Waals surface area contributed by atoms with Gasteiger partial charge >= 0.3 is 0 Å². The Hall–Kier alpha value is -1.64. The summed E-state index contributed by atoms with van der Waals surface area (Å²) in [6.45, 7) is 2.50. The number of carbonyl (C=O) groups excluding carboxylic acids is 1. The fourth-order valence-electron chi connectivity index (χ4n) is 2.78. The van der Waals surface area contributed by atoms with Crippen molar-refractivity contribution in [3.05, 3.63) is 29.8 Å². The molecule has 0 unspecified atom stereocenters. The first kappa shape index (κ1) is 18.7. The van der Waals surface area contributed by atoms with Gasteiger partial charge in [-0.05, 0) is 13.1 Å². The third-order valence-corrected chi connectivity index (χ3v) is 5.40. The van der Waals surface area contributed by atoms with Crippen molar-refractivity contribution in [2.75, 3.05) is 53.1 Å². The number of carbonyl (C=O) groups is 1. The summed E-state index contributed by atoms with van der Waals surface area (Å²) in [5.74, 6) is 0.819. The highest BCUT2D eigenvalue weighted by Gasteiger charge is 2.26. The zero-order valence-electron chi connectivity index (χ0n) is 14.4. The van der Waals surface area contributed by atoms with Crippen LogP contribution in [0.5, 0.6) is 5.75 Å². The Kier molecular flexibility index (Phi) is 6.20. The zero-order valence-corrected chi connectivity index (χ0v) is 15.3. The number of likely N-dealkylation sites (N-methyl/N-ethyl adjacent to an activating group) is 1. The fraction of sp³-hybridized carbons (Fsp3) is 0.562. The largest absolute Gasteiger partial charge is 0.496 e. The van der Waals surface area contributed by atoms with Crippen LogP contribution in [0.2, 0.25) is 0 Å². The van der Waals surface area contributed by atoms with Crippen molar-refractivity contribution in [3.8, 4) is 5.75 Å². The first-order valence-corrected chi connectivity index (χ1v) is 9.69. The minimum absolute atomic E-state index is 0.0144. The number of hydrogen-bond donors (Lipinski definition) is 0. The molecule has 1 aliphatic heterocycles. The van der Waals surface area contributed by atoms with Gasteiger partial charge in [-0.25, -0.2) is 8.42 Å². The molecule has 1 amide bonds. The van der Waals surface area contributed by atoms with Crippen molar-refractivity contribution in [3.63, 3.8) is 0 Å². The van der Waals surface area contributed by atoms with Crippen LogP contribution >= 0.6 is 0 Å². The molecule has 0 spiro atoms. The van der Waals surface area contributed by atoms with E-state index in [0.29, 0.717) is 32.7 Å². The van der Waals surface area contributed by atoms with E-state index in [-0.39, 0.29) is 12.5 Å². The van der Waals surface area contributed by atoms with Gasteiger partial charge < -0.3 is 9.64 Å². The Morgan fingerprint density at radius 1 is 1.21 bits per heavy atom. The Morgan fingerprint density at radius 3 is 2.42 bits per heavy atom. The number of nitrogens with zero attached hydrogens (tertiary/aromatic N) is 3. The molecule has 1 aromatic carbocycles. The van der Waals surface area contributed by atoms with E-state index in [1.165, 1.54) is 10.6 Å². The SMILES string of the molecule is COc1ccccc1CN(C)CC(=O)N1CCN(S(C)(=O)=O)CC1. The van der Waals surface area contributed by atoms with Crippen LogP contribution in [-0.2, 0) is 21.4 Å². The molecule has 0 radical (unpaired) electrons. The number of ether oxygens (including phenoxy) is 1. The maximum atomic E-state index is 12.4. The highest BCUT2D eigenvalue weighted by Crippen LogP contribution is 2.18. The molecular weight excluding hydrogens is 330 g/mol. The van der Waals surface area contributed by atoms with Crippen LogP contribution in [0.25, 0.3) is 0 Å². The van der Waals surface area contributed by atoms with Crippen molar-refractivity contribution in [1.29, 1.82) is 0 Å². The third kappa shape index (κ3) is 4.93. The second-order valence-electron chi connectivity index (χ2n) is 6.03. The van der Waals surface area contributed by atoms with Crippen LogP contribution in [0, 0.1) is 0 Å². The number of benzene rings is 1. The lowest BCUT2D eigenvalue weighted by Gasteiger charge is -2.34. The lowest BCUT2D eigenvalue weighted by molar-refractivity contribution is -0.133. The summed E-state index contributed by atoms with van der Waals surface area (Å²) in [6, 6.07) is 7.73. The molecule has 0 saturated carbocycles. The molecule has 0 atom stereocenters. The first-order valence-electron chi connectivity index (χ1n) is 7.84. The highest BCUT2D eigenvalue weighted by molar-refractivity contribution is 7.88. The minimum atomic E-state index is -3.18. The fourth-order valence-corrected chi connectivity index (χ4v) is 3.61. The molecule has 7 nitrogen and oxygen atoms in total. The van der Waals surface area contributed by atoms with Gasteiger partial charge in [0.2, 0.25) is 15.9 Å². The van der Waals surface area contributed by atoms with Crippen molar-refractivity contribution in [1.82, 2.24) is 14.1 Å². The van der Waals surface area contributed by atoms with Gasteiger partial charge in [0.15, 0.2) is 0 Å². The molecule has 24 heavy (non-hydrogen) atoms. The summed E-state index contributed by atoms with van der Waals surface area (Å²) < 4.78 is 29.8. The molecule has 0 N–H and O–H groups in total. The quantitative estimate of drug-likeness (QED) is 0.731. The Morgan fingerprint density at radius 2 is 1.83 bits per heavy atom. The summed E-state index contributed by atoms with van der Waals surface area (Å²) in [5.41, 5.74) is 1.03. The standard InChI is InChI=1S/C16H25N3O4S/c1-17(12-14-6-4-5-7-15(14)23-2)13-16(20)18-8-10-19(11-9-18)24(3,21)22/h4-7H,8-13H2,1-3H3. The van der Waals surface area contributed by atoms with Crippen LogP contribution in [-0.4, -0.2) is 81.6 Å². The summed E-state index contributed by atoms with van der Waals surface area (Å²) in [7, 11) is 0.341. The molecule has 2 rings (SSSR count). The van der Waals surface area contributed by atoms with Gasteiger partial charge in [-0.15, -0.1) is 0 Å². The van der Waals surface area contributed by atoms with Gasteiger partial charge in [-0.3, -0.25) is 9.69 Å². The molecule has 1 saturated heterocycles. The van der Waals surface area contributed by atoms with E-state index in [0.717, 1.165) is 11.3 Å². The van der Waals surface area contributed by atoms with Crippen molar-refractivity contribution < 1.29 is 17.9 Å². The number of rotatable bonds is 6.